The molecule has 0 bridgehead atoms. The van der Waals surface area contributed by atoms with Crippen LogP contribution in [0.15, 0.2) is 61.0 Å². The fourth-order valence-corrected chi connectivity index (χ4v) is 2.47. The van der Waals surface area contributed by atoms with Crippen molar-refractivity contribution >= 4 is 19.7 Å². The Morgan fingerprint density at radius 1 is 1.48 bits per heavy atom. The fraction of sp³-hybridized carbons (Fsp3) is 0.263. The van der Waals surface area contributed by atoms with E-state index >= 15 is 0 Å². The highest BCUT2D eigenvalue weighted by atomic mass is 16.2. The lowest BCUT2D eigenvalue weighted by Crippen LogP contribution is -2.37. The Kier molecular flexibility index (Phi) is 7.11. The molecule has 0 unspecified atom stereocenters. The van der Waals surface area contributed by atoms with E-state index < -0.39 is 6.03 Å². The number of pyridine rings is 1. The summed E-state index contributed by atoms with van der Waals surface area (Å²) >= 11 is 0. The van der Waals surface area contributed by atoms with Gasteiger partial charge in [0.25, 0.3) is 0 Å². The molecule has 0 aliphatic carbocycles. The molecule has 0 aliphatic rings. The Morgan fingerprint density at radius 3 is 2.85 bits per heavy atom. The number of hydrogen-bond acceptors (Lipinski definition) is 3. The molecule has 2 heterocycles. The van der Waals surface area contributed by atoms with E-state index in [1.54, 1.807) is 23.0 Å². The highest BCUT2D eigenvalue weighted by Crippen LogP contribution is 2.09. The van der Waals surface area contributed by atoms with E-state index in [1.807, 2.05) is 56.0 Å². The molecule has 0 fully saturated rings. The number of carbonyl (C=O) groups excluding carboxylic acids is 1. The van der Waals surface area contributed by atoms with Gasteiger partial charge in [-0.3, -0.25) is 0 Å². The molecule has 2 rings (SSSR count). The van der Waals surface area contributed by atoms with Crippen LogP contribution in [-0.2, 0) is 7.05 Å². The molecule has 0 saturated carbocycles. The van der Waals surface area contributed by atoms with Gasteiger partial charge in [0.1, 0.15) is 18.1 Å². The van der Waals surface area contributed by atoms with Gasteiger partial charge in [0, 0.05) is 17.8 Å². The molecule has 8 heteroatoms. The van der Waals surface area contributed by atoms with E-state index in [4.69, 9.17) is 7.98 Å². The fourth-order valence-electron chi connectivity index (χ4n) is 2.47. The van der Waals surface area contributed by atoms with Gasteiger partial charge in [-0.1, -0.05) is 42.5 Å². The topological polar surface area (TPSA) is 66.9 Å². The van der Waals surface area contributed by atoms with Gasteiger partial charge in [-0.2, -0.15) is 0 Å². The van der Waals surface area contributed by atoms with E-state index in [9.17, 15) is 4.79 Å². The molecular weight excluding hydrogens is 339 g/mol. The lowest BCUT2D eigenvalue weighted by Gasteiger charge is -2.19. The van der Waals surface area contributed by atoms with Crippen molar-refractivity contribution in [1.82, 2.24) is 19.8 Å². The largest absolute Gasteiger partial charge is 0.375 e. The minimum absolute atomic E-state index is 0.298. The average Bonchev–Trinajstić information content (AvgIpc) is 3.06. The lowest BCUT2D eigenvalue weighted by atomic mass is 10.1. The number of rotatable bonds is 7. The second-order valence-corrected chi connectivity index (χ2v) is 6.03. The maximum Gasteiger partial charge on any atom is 0.309 e. The second-order valence-electron chi connectivity index (χ2n) is 6.03. The van der Waals surface area contributed by atoms with Crippen molar-refractivity contribution in [2.45, 2.75) is 20.3 Å². The van der Waals surface area contributed by atoms with Crippen molar-refractivity contribution in [3.05, 3.63) is 66.7 Å². The first-order valence-electron chi connectivity index (χ1n) is 8.65. The summed E-state index contributed by atoms with van der Waals surface area (Å²) in [6.07, 6.45) is 11.9. The molecule has 2 aromatic rings. The Hall–Kier alpha value is -3.16. The normalized spacial score (nSPS) is 11.6. The third kappa shape index (κ3) is 5.67. The monoisotopic (exact) mass is 363 g/mol. The van der Waals surface area contributed by atoms with Crippen molar-refractivity contribution in [2.75, 3.05) is 11.9 Å². The molecule has 0 spiro atoms. The van der Waals surface area contributed by atoms with Crippen LogP contribution in [0, 0.1) is 6.92 Å². The number of urea groups is 1. The van der Waals surface area contributed by atoms with Crippen LogP contribution in [0.2, 0.25) is 0 Å². The lowest BCUT2D eigenvalue weighted by molar-refractivity contribution is -0.665. The number of hydrogen-bond donors (Lipinski definition) is 1. The van der Waals surface area contributed by atoms with Gasteiger partial charge in [0.2, 0.25) is 7.98 Å². The summed E-state index contributed by atoms with van der Waals surface area (Å²) in [5.74, 6) is 0.820. The van der Waals surface area contributed by atoms with Crippen LogP contribution in [0.3, 0.4) is 0 Å². The summed E-state index contributed by atoms with van der Waals surface area (Å²) in [4.78, 5) is 13.5. The predicted molar refractivity (Wildman–Crippen MR) is 106 cm³/mol. The first kappa shape index (κ1) is 20.2. The Bertz CT molecular complexity index is 871. The second kappa shape index (κ2) is 9.52. The van der Waals surface area contributed by atoms with Crippen LogP contribution >= 0.6 is 0 Å². The zero-order valence-electron chi connectivity index (χ0n) is 16.0. The maximum absolute atomic E-state index is 12.4. The van der Waals surface area contributed by atoms with Gasteiger partial charge in [0.05, 0.1) is 12.7 Å². The average molecular weight is 363 g/mol. The van der Waals surface area contributed by atoms with Gasteiger partial charge in [-0.05, 0) is 25.0 Å². The number of anilines is 1. The predicted octanol–water partition coefficient (Wildman–Crippen LogP) is 2.40. The van der Waals surface area contributed by atoms with Crippen LogP contribution in [0.25, 0.3) is 5.82 Å². The Morgan fingerprint density at radius 2 is 2.26 bits per heavy atom. The van der Waals surface area contributed by atoms with E-state index in [-0.39, 0.29) is 0 Å². The minimum atomic E-state index is -0.395. The zero-order valence-corrected chi connectivity index (χ0v) is 16.0. The standard InChI is InChI=1S/C19H23BN6O/c1-5-7-9-16(8-6-2)13-25(20)19(27)21-17-10-11-18(24(4)14-17)26-12-15(3)22-23-26/h5,7-12,14H,1,6,13H2,2-4H3/p+1/b9-7-,16-8+. The number of aromatic nitrogens is 4. The first-order valence-corrected chi connectivity index (χ1v) is 8.65. The van der Waals surface area contributed by atoms with Crippen molar-refractivity contribution in [1.29, 1.82) is 0 Å². The zero-order chi connectivity index (χ0) is 19.8. The minimum Gasteiger partial charge on any atom is -0.375 e. The molecule has 0 saturated heterocycles. The maximum atomic E-state index is 12.4. The number of aryl methyl sites for hydroxylation is 2. The third-order valence-electron chi connectivity index (χ3n) is 3.73. The molecule has 27 heavy (non-hydrogen) atoms. The molecule has 1 N–H and O–H groups in total. The molecule has 2 aromatic heterocycles. The van der Waals surface area contributed by atoms with E-state index in [0.29, 0.717) is 12.2 Å². The number of nitrogens with one attached hydrogen (secondary N) is 1. The first-order chi connectivity index (χ1) is 12.9. The van der Waals surface area contributed by atoms with Crippen LogP contribution in [0.5, 0.6) is 0 Å². The summed E-state index contributed by atoms with van der Waals surface area (Å²) in [5, 5.41) is 10.8. The summed E-state index contributed by atoms with van der Waals surface area (Å²) in [6.45, 7) is 7.85. The number of amides is 2. The number of allylic oxidation sites excluding steroid dienone is 3. The van der Waals surface area contributed by atoms with Gasteiger partial charge >= 0.3 is 11.8 Å². The van der Waals surface area contributed by atoms with Crippen molar-refractivity contribution in [3.63, 3.8) is 0 Å². The molecule has 2 radical (unpaired) electrons. The Balaban J connectivity index is 2.06. The van der Waals surface area contributed by atoms with Crippen LogP contribution in [0.1, 0.15) is 19.0 Å². The quantitative estimate of drug-likeness (QED) is 0.467. The molecule has 138 valence electrons. The van der Waals surface area contributed by atoms with Crippen molar-refractivity contribution < 1.29 is 9.36 Å². The van der Waals surface area contributed by atoms with Gasteiger partial charge in [-0.15, -0.1) is 5.10 Å². The molecule has 0 atom stereocenters. The molecule has 0 aromatic carbocycles. The van der Waals surface area contributed by atoms with Crippen LogP contribution in [-0.4, -0.2) is 40.4 Å². The highest BCUT2D eigenvalue weighted by Gasteiger charge is 2.15. The van der Waals surface area contributed by atoms with E-state index in [2.05, 4.69) is 22.2 Å². The van der Waals surface area contributed by atoms with E-state index in [1.165, 1.54) is 0 Å². The smallest absolute Gasteiger partial charge is 0.309 e. The van der Waals surface area contributed by atoms with Gasteiger partial charge in [-0.25, -0.2) is 9.36 Å². The Labute approximate surface area is 161 Å². The highest BCUT2D eigenvalue weighted by molar-refractivity contribution is 6.16. The summed E-state index contributed by atoms with van der Waals surface area (Å²) in [7, 11) is 7.79. The van der Waals surface area contributed by atoms with Crippen LogP contribution < -0.4 is 9.88 Å². The number of nitrogens with zero attached hydrogens (tertiary/aromatic N) is 5. The number of carbonyl (C=O) groups is 1. The van der Waals surface area contributed by atoms with E-state index in [0.717, 1.165) is 28.3 Å². The SMILES string of the molecule is [B]N(CC(/C=C\C=C)=C/CC)C(=O)Nc1ccc(-n2cc(C)nn2)[n+](C)c1. The third-order valence-corrected chi connectivity index (χ3v) is 3.73. The van der Waals surface area contributed by atoms with Crippen molar-refractivity contribution in [3.8, 4) is 5.82 Å². The molecule has 0 aliphatic heterocycles. The molecule has 7 nitrogen and oxygen atoms in total. The molecule has 2 amide bonds. The van der Waals surface area contributed by atoms with Crippen LogP contribution in [0.4, 0.5) is 10.5 Å². The van der Waals surface area contributed by atoms with Crippen molar-refractivity contribution in [2.24, 2.45) is 7.05 Å². The molecular formula is C19H24BN6O+. The van der Waals surface area contributed by atoms with Gasteiger partial charge < -0.3 is 10.1 Å². The van der Waals surface area contributed by atoms with Gasteiger partial charge in [0.15, 0.2) is 0 Å². The summed E-state index contributed by atoms with van der Waals surface area (Å²) < 4.78 is 3.52. The summed E-state index contributed by atoms with van der Waals surface area (Å²) in [5.41, 5.74) is 2.39. The summed E-state index contributed by atoms with van der Waals surface area (Å²) in [6, 6.07) is 3.24.